The minimum absolute atomic E-state index is 0.452. The van der Waals surface area contributed by atoms with Gasteiger partial charge in [0, 0.05) is 6.54 Å². The number of furan rings is 1. The predicted molar refractivity (Wildman–Crippen MR) is 99.7 cm³/mol. The molecule has 0 aliphatic rings. The third-order valence-corrected chi connectivity index (χ3v) is 5.36. The van der Waals surface area contributed by atoms with Crippen molar-refractivity contribution in [2.75, 3.05) is 0 Å². The zero-order valence-electron chi connectivity index (χ0n) is 14.3. The number of hydrogen-bond donors (Lipinski definition) is 0. The van der Waals surface area contributed by atoms with Crippen molar-refractivity contribution in [3.8, 4) is 22.3 Å². The molecule has 4 aromatic heterocycles. The standard InChI is InChI=1S/C17H17N5O2S2/c1-11(2)9-22-16(12-5-3-7-23-12)19-20-17(22)26-10-14-18-15(21-24-14)13-6-4-8-25-13/h3-8,11H,9-10H2,1-2H3. The van der Waals surface area contributed by atoms with Gasteiger partial charge in [-0.1, -0.05) is 36.8 Å². The molecule has 0 amide bonds. The Bertz CT molecular complexity index is 958. The van der Waals surface area contributed by atoms with Gasteiger partial charge in [0.15, 0.2) is 16.7 Å². The Balaban J connectivity index is 1.53. The minimum atomic E-state index is 0.452. The highest BCUT2D eigenvalue weighted by atomic mass is 32.2. The van der Waals surface area contributed by atoms with E-state index in [-0.39, 0.29) is 0 Å². The lowest BCUT2D eigenvalue weighted by Gasteiger charge is -2.10. The summed E-state index contributed by atoms with van der Waals surface area (Å²) in [7, 11) is 0. The largest absolute Gasteiger partial charge is 0.461 e. The molecule has 0 radical (unpaired) electrons. The molecule has 0 atom stereocenters. The van der Waals surface area contributed by atoms with E-state index in [0.29, 0.717) is 29.1 Å². The molecular weight excluding hydrogens is 370 g/mol. The van der Waals surface area contributed by atoms with Gasteiger partial charge in [0.1, 0.15) is 0 Å². The summed E-state index contributed by atoms with van der Waals surface area (Å²) in [5.74, 6) is 3.62. The molecule has 0 unspecified atom stereocenters. The van der Waals surface area contributed by atoms with Gasteiger partial charge in [0.25, 0.3) is 0 Å². The molecule has 0 saturated carbocycles. The van der Waals surface area contributed by atoms with Gasteiger partial charge in [-0.15, -0.1) is 21.5 Å². The summed E-state index contributed by atoms with van der Waals surface area (Å²) in [6, 6.07) is 7.68. The van der Waals surface area contributed by atoms with Crippen LogP contribution in [0, 0.1) is 5.92 Å². The molecule has 0 fully saturated rings. The molecule has 4 aromatic rings. The molecule has 0 aromatic carbocycles. The lowest BCUT2D eigenvalue weighted by Crippen LogP contribution is -2.07. The van der Waals surface area contributed by atoms with Crippen molar-refractivity contribution in [1.29, 1.82) is 0 Å². The highest BCUT2D eigenvalue weighted by molar-refractivity contribution is 7.98. The summed E-state index contributed by atoms with van der Waals surface area (Å²) in [5, 5.41) is 15.5. The molecule has 7 nitrogen and oxygen atoms in total. The average molecular weight is 387 g/mol. The van der Waals surface area contributed by atoms with Crippen LogP contribution in [0.3, 0.4) is 0 Å². The quantitative estimate of drug-likeness (QED) is 0.429. The summed E-state index contributed by atoms with van der Waals surface area (Å²) in [6.45, 7) is 5.12. The zero-order chi connectivity index (χ0) is 17.9. The molecule has 4 heterocycles. The van der Waals surface area contributed by atoms with Crippen LogP contribution in [0.25, 0.3) is 22.3 Å². The first-order valence-electron chi connectivity index (χ1n) is 8.17. The second kappa shape index (κ2) is 7.46. The lowest BCUT2D eigenvalue weighted by molar-refractivity contribution is 0.391. The first-order valence-corrected chi connectivity index (χ1v) is 10.0. The maximum Gasteiger partial charge on any atom is 0.237 e. The minimum Gasteiger partial charge on any atom is -0.461 e. The van der Waals surface area contributed by atoms with Crippen molar-refractivity contribution in [1.82, 2.24) is 24.9 Å². The number of thioether (sulfide) groups is 1. The molecule has 0 aliphatic heterocycles. The van der Waals surface area contributed by atoms with Gasteiger partial charge in [-0.2, -0.15) is 4.98 Å². The normalized spacial score (nSPS) is 11.5. The van der Waals surface area contributed by atoms with Crippen LogP contribution in [0.2, 0.25) is 0 Å². The fourth-order valence-electron chi connectivity index (χ4n) is 2.46. The van der Waals surface area contributed by atoms with E-state index in [9.17, 15) is 0 Å². The van der Waals surface area contributed by atoms with E-state index in [0.717, 1.165) is 22.4 Å². The number of hydrogen-bond acceptors (Lipinski definition) is 8. The van der Waals surface area contributed by atoms with Crippen molar-refractivity contribution >= 4 is 23.1 Å². The molecule has 134 valence electrons. The van der Waals surface area contributed by atoms with E-state index < -0.39 is 0 Å². The van der Waals surface area contributed by atoms with E-state index in [1.807, 2.05) is 29.6 Å². The van der Waals surface area contributed by atoms with E-state index >= 15 is 0 Å². The fraction of sp³-hybridized carbons (Fsp3) is 0.294. The Morgan fingerprint density at radius 3 is 2.88 bits per heavy atom. The first-order chi connectivity index (χ1) is 12.7. The summed E-state index contributed by atoms with van der Waals surface area (Å²) in [6.07, 6.45) is 1.64. The van der Waals surface area contributed by atoms with E-state index in [1.165, 1.54) is 11.8 Å². The second-order valence-corrected chi connectivity index (χ2v) is 7.96. The van der Waals surface area contributed by atoms with Gasteiger partial charge in [-0.3, -0.25) is 4.57 Å². The molecular formula is C17H17N5O2S2. The van der Waals surface area contributed by atoms with Crippen LogP contribution in [0.1, 0.15) is 19.7 Å². The topological polar surface area (TPSA) is 82.8 Å². The van der Waals surface area contributed by atoms with Gasteiger partial charge in [0.2, 0.25) is 11.7 Å². The summed E-state index contributed by atoms with van der Waals surface area (Å²) >= 11 is 3.11. The van der Waals surface area contributed by atoms with Crippen LogP contribution >= 0.6 is 23.1 Å². The van der Waals surface area contributed by atoms with E-state index in [2.05, 4.69) is 38.8 Å². The van der Waals surface area contributed by atoms with Gasteiger partial charge in [-0.05, 0) is 29.5 Å². The van der Waals surface area contributed by atoms with Gasteiger partial charge < -0.3 is 8.94 Å². The number of aromatic nitrogens is 5. The molecule has 4 rings (SSSR count). The number of rotatable bonds is 7. The highest BCUT2D eigenvalue weighted by Crippen LogP contribution is 2.28. The summed E-state index contributed by atoms with van der Waals surface area (Å²) in [4.78, 5) is 5.44. The highest BCUT2D eigenvalue weighted by Gasteiger charge is 2.18. The zero-order valence-corrected chi connectivity index (χ0v) is 16.0. The Kier molecular flexibility index (Phi) is 4.89. The van der Waals surface area contributed by atoms with E-state index in [4.69, 9.17) is 8.94 Å². The molecule has 0 saturated heterocycles. The van der Waals surface area contributed by atoms with Crippen LogP contribution in [0.5, 0.6) is 0 Å². The molecule has 26 heavy (non-hydrogen) atoms. The van der Waals surface area contributed by atoms with Crippen LogP contribution in [-0.4, -0.2) is 24.9 Å². The molecule has 0 N–H and O–H groups in total. The monoisotopic (exact) mass is 387 g/mol. The van der Waals surface area contributed by atoms with Crippen molar-refractivity contribution in [3.05, 3.63) is 41.8 Å². The van der Waals surface area contributed by atoms with Gasteiger partial charge in [0.05, 0.1) is 16.9 Å². The maximum atomic E-state index is 5.49. The third-order valence-electron chi connectivity index (χ3n) is 3.54. The Hall–Kier alpha value is -2.39. The maximum absolute atomic E-state index is 5.49. The van der Waals surface area contributed by atoms with Crippen LogP contribution in [0.4, 0.5) is 0 Å². The summed E-state index contributed by atoms with van der Waals surface area (Å²) in [5.41, 5.74) is 0. The smallest absolute Gasteiger partial charge is 0.237 e. The molecule has 0 bridgehead atoms. The number of thiophene rings is 1. The SMILES string of the molecule is CC(C)Cn1c(SCc2nc(-c3cccs3)no2)nnc1-c1ccco1. The third kappa shape index (κ3) is 3.58. The average Bonchev–Trinajstić information content (AvgIpc) is 3.38. The van der Waals surface area contributed by atoms with Crippen molar-refractivity contribution < 1.29 is 8.94 Å². The Morgan fingerprint density at radius 2 is 2.15 bits per heavy atom. The molecule has 0 aliphatic carbocycles. The molecule has 0 spiro atoms. The Morgan fingerprint density at radius 1 is 1.23 bits per heavy atom. The first kappa shape index (κ1) is 17.0. The van der Waals surface area contributed by atoms with E-state index in [1.54, 1.807) is 17.6 Å². The Labute approximate surface area is 158 Å². The fourth-order valence-corrected chi connectivity index (χ4v) is 3.89. The van der Waals surface area contributed by atoms with Crippen molar-refractivity contribution in [2.24, 2.45) is 5.92 Å². The van der Waals surface area contributed by atoms with Crippen LogP contribution in [-0.2, 0) is 12.3 Å². The van der Waals surface area contributed by atoms with Crippen LogP contribution in [0.15, 0.2) is 50.0 Å². The number of nitrogens with zero attached hydrogens (tertiary/aromatic N) is 5. The van der Waals surface area contributed by atoms with Crippen molar-refractivity contribution in [2.45, 2.75) is 31.3 Å². The van der Waals surface area contributed by atoms with Gasteiger partial charge >= 0.3 is 0 Å². The van der Waals surface area contributed by atoms with Crippen LogP contribution < -0.4 is 0 Å². The summed E-state index contributed by atoms with van der Waals surface area (Å²) < 4.78 is 12.9. The van der Waals surface area contributed by atoms with Crippen molar-refractivity contribution in [3.63, 3.8) is 0 Å². The lowest BCUT2D eigenvalue weighted by atomic mass is 10.2. The predicted octanol–water partition coefficient (Wildman–Crippen LogP) is 4.60. The molecule has 9 heteroatoms. The van der Waals surface area contributed by atoms with Gasteiger partial charge in [-0.25, -0.2) is 0 Å². The second-order valence-electron chi connectivity index (χ2n) is 6.07.